The van der Waals surface area contributed by atoms with Gasteiger partial charge in [-0.15, -0.1) is 0 Å². The smallest absolute Gasteiger partial charge is 0.272 e. The van der Waals surface area contributed by atoms with Gasteiger partial charge in [0.25, 0.3) is 6.43 Å². The summed E-state index contributed by atoms with van der Waals surface area (Å²) in [7, 11) is 0. The Labute approximate surface area is 92.7 Å². The summed E-state index contributed by atoms with van der Waals surface area (Å²) >= 11 is 0. The predicted molar refractivity (Wildman–Crippen MR) is 60.2 cm³/mol. The van der Waals surface area contributed by atoms with Gasteiger partial charge in [-0.05, 0) is 29.8 Å². The van der Waals surface area contributed by atoms with Gasteiger partial charge in [0, 0.05) is 0 Å². The molecule has 2 rings (SSSR count). The summed E-state index contributed by atoms with van der Waals surface area (Å²) in [6.45, 7) is 1.43. The van der Waals surface area contributed by atoms with Gasteiger partial charge in [0.1, 0.15) is 12.4 Å². The Kier molecular flexibility index (Phi) is 3.04. The molecule has 0 atom stereocenters. The third kappa shape index (κ3) is 2.48. The van der Waals surface area contributed by atoms with E-state index < -0.39 is 13.0 Å². The molecule has 0 fully saturated rings. The maximum absolute atomic E-state index is 12.0. The van der Waals surface area contributed by atoms with E-state index in [1.165, 1.54) is 0 Å². The van der Waals surface area contributed by atoms with Crippen molar-refractivity contribution in [2.24, 2.45) is 0 Å². The molecular formula is C13H12F2O. The van der Waals surface area contributed by atoms with Gasteiger partial charge in [0.15, 0.2) is 0 Å². The van der Waals surface area contributed by atoms with Crippen LogP contribution in [0.5, 0.6) is 5.75 Å². The second kappa shape index (κ2) is 4.47. The van der Waals surface area contributed by atoms with Crippen molar-refractivity contribution in [2.75, 3.05) is 6.61 Å². The standard InChI is InChI=1S/C13H12F2O/c1-9-2-3-10-4-5-12(7-11(10)6-9)16-8-13(14)15/h2-7,13H,8H2,1H3. The van der Waals surface area contributed by atoms with Crippen LogP contribution >= 0.6 is 0 Å². The lowest BCUT2D eigenvalue weighted by atomic mass is 10.1. The molecule has 0 N–H and O–H groups in total. The molecule has 0 amide bonds. The van der Waals surface area contributed by atoms with E-state index in [9.17, 15) is 8.78 Å². The van der Waals surface area contributed by atoms with Crippen molar-refractivity contribution < 1.29 is 13.5 Å². The number of hydrogen-bond acceptors (Lipinski definition) is 1. The van der Waals surface area contributed by atoms with Crippen LogP contribution in [0, 0.1) is 6.92 Å². The zero-order valence-corrected chi connectivity index (χ0v) is 8.91. The van der Waals surface area contributed by atoms with Crippen molar-refractivity contribution in [3.05, 3.63) is 42.0 Å². The van der Waals surface area contributed by atoms with Crippen LogP contribution in [0.25, 0.3) is 10.8 Å². The van der Waals surface area contributed by atoms with Crippen LogP contribution in [0.1, 0.15) is 5.56 Å². The van der Waals surface area contributed by atoms with Crippen LogP contribution in [-0.2, 0) is 0 Å². The third-order valence-electron chi connectivity index (χ3n) is 2.34. The van der Waals surface area contributed by atoms with Crippen LogP contribution < -0.4 is 4.74 Å². The molecule has 0 bridgehead atoms. The van der Waals surface area contributed by atoms with Crippen LogP contribution in [0.2, 0.25) is 0 Å². The summed E-state index contributed by atoms with van der Waals surface area (Å²) in [6.07, 6.45) is -2.44. The molecule has 16 heavy (non-hydrogen) atoms. The van der Waals surface area contributed by atoms with E-state index in [4.69, 9.17) is 4.74 Å². The molecule has 0 aliphatic heterocycles. The van der Waals surface area contributed by atoms with E-state index in [2.05, 4.69) is 0 Å². The highest BCUT2D eigenvalue weighted by Crippen LogP contribution is 2.22. The zero-order valence-electron chi connectivity index (χ0n) is 8.91. The van der Waals surface area contributed by atoms with Crippen molar-refractivity contribution in [3.63, 3.8) is 0 Å². The molecule has 0 spiro atoms. The molecule has 1 nitrogen and oxygen atoms in total. The van der Waals surface area contributed by atoms with Crippen molar-refractivity contribution in [1.82, 2.24) is 0 Å². The summed E-state index contributed by atoms with van der Waals surface area (Å²) < 4.78 is 28.9. The molecule has 3 heteroatoms. The molecule has 0 aliphatic carbocycles. The van der Waals surface area contributed by atoms with Gasteiger partial charge in [0.2, 0.25) is 0 Å². The zero-order chi connectivity index (χ0) is 11.5. The molecule has 0 saturated carbocycles. The quantitative estimate of drug-likeness (QED) is 0.767. The van der Waals surface area contributed by atoms with Gasteiger partial charge in [-0.25, -0.2) is 8.78 Å². The lowest BCUT2D eigenvalue weighted by Gasteiger charge is -2.06. The molecule has 0 unspecified atom stereocenters. The van der Waals surface area contributed by atoms with Crippen molar-refractivity contribution in [1.29, 1.82) is 0 Å². The van der Waals surface area contributed by atoms with Crippen molar-refractivity contribution >= 4 is 10.8 Å². The Balaban J connectivity index is 2.28. The highest BCUT2D eigenvalue weighted by molar-refractivity contribution is 5.84. The fraction of sp³-hybridized carbons (Fsp3) is 0.231. The first-order valence-corrected chi connectivity index (χ1v) is 5.06. The number of benzene rings is 2. The summed E-state index contributed by atoms with van der Waals surface area (Å²) in [5.74, 6) is 0.485. The highest BCUT2D eigenvalue weighted by Gasteiger charge is 2.04. The molecule has 0 saturated heterocycles. The molecule has 0 aromatic heterocycles. The summed E-state index contributed by atoms with van der Waals surface area (Å²) in [5, 5.41) is 2.08. The van der Waals surface area contributed by atoms with Crippen LogP contribution in [0.3, 0.4) is 0 Å². The molecule has 0 radical (unpaired) electrons. The van der Waals surface area contributed by atoms with Gasteiger partial charge in [-0.2, -0.15) is 0 Å². The number of rotatable bonds is 3. The molecule has 2 aromatic rings. The Hall–Kier alpha value is -1.64. The van der Waals surface area contributed by atoms with E-state index in [1.54, 1.807) is 12.1 Å². The average molecular weight is 222 g/mol. The first-order chi connectivity index (χ1) is 7.65. The van der Waals surface area contributed by atoms with E-state index in [0.29, 0.717) is 5.75 Å². The molecule has 2 aromatic carbocycles. The summed E-state index contributed by atoms with van der Waals surface area (Å²) in [5.41, 5.74) is 1.14. The molecular weight excluding hydrogens is 210 g/mol. The monoisotopic (exact) mass is 222 g/mol. The van der Waals surface area contributed by atoms with Crippen molar-refractivity contribution in [3.8, 4) is 5.75 Å². The van der Waals surface area contributed by atoms with Gasteiger partial charge >= 0.3 is 0 Å². The van der Waals surface area contributed by atoms with Gasteiger partial charge in [-0.3, -0.25) is 0 Å². The number of fused-ring (bicyclic) bond motifs is 1. The first kappa shape index (κ1) is 10.9. The molecule has 0 aliphatic rings. The van der Waals surface area contributed by atoms with E-state index in [-0.39, 0.29) is 0 Å². The van der Waals surface area contributed by atoms with Crippen molar-refractivity contribution in [2.45, 2.75) is 13.3 Å². The van der Waals surface area contributed by atoms with Crippen LogP contribution in [0.15, 0.2) is 36.4 Å². The van der Waals surface area contributed by atoms with Crippen LogP contribution in [-0.4, -0.2) is 13.0 Å². The maximum Gasteiger partial charge on any atom is 0.272 e. The van der Waals surface area contributed by atoms with Gasteiger partial charge in [-0.1, -0.05) is 29.8 Å². The Morgan fingerprint density at radius 1 is 1.06 bits per heavy atom. The SMILES string of the molecule is Cc1ccc2ccc(OCC(F)F)cc2c1. The number of hydrogen-bond donors (Lipinski definition) is 0. The third-order valence-corrected chi connectivity index (χ3v) is 2.34. The lowest BCUT2D eigenvalue weighted by Crippen LogP contribution is -2.06. The Morgan fingerprint density at radius 2 is 1.81 bits per heavy atom. The number of aryl methyl sites for hydroxylation is 1. The fourth-order valence-corrected chi connectivity index (χ4v) is 1.59. The maximum atomic E-state index is 12.0. The molecule has 0 heterocycles. The van der Waals surface area contributed by atoms with Gasteiger partial charge < -0.3 is 4.74 Å². The Bertz CT molecular complexity index is 494. The fourth-order valence-electron chi connectivity index (χ4n) is 1.59. The summed E-state index contributed by atoms with van der Waals surface area (Å²) in [6, 6.07) is 11.4. The second-order valence-corrected chi connectivity index (χ2v) is 3.71. The van der Waals surface area contributed by atoms with E-state index in [1.807, 2.05) is 31.2 Å². The topological polar surface area (TPSA) is 9.23 Å². The summed E-state index contributed by atoms with van der Waals surface area (Å²) in [4.78, 5) is 0. The lowest BCUT2D eigenvalue weighted by molar-refractivity contribution is 0.0820. The van der Waals surface area contributed by atoms with E-state index in [0.717, 1.165) is 16.3 Å². The minimum atomic E-state index is -2.44. The first-order valence-electron chi connectivity index (χ1n) is 5.06. The highest BCUT2D eigenvalue weighted by atomic mass is 19.3. The van der Waals surface area contributed by atoms with E-state index >= 15 is 0 Å². The Morgan fingerprint density at radius 3 is 2.56 bits per heavy atom. The second-order valence-electron chi connectivity index (χ2n) is 3.71. The van der Waals surface area contributed by atoms with Crippen LogP contribution in [0.4, 0.5) is 8.78 Å². The number of ether oxygens (including phenoxy) is 1. The minimum absolute atomic E-state index is 0.485. The van der Waals surface area contributed by atoms with Gasteiger partial charge in [0.05, 0.1) is 0 Å². The largest absolute Gasteiger partial charge is 0.488 e. The average Bonchev–Trinajstić information content (AvgIpc) is 2.25. The normalized spacial score (nSPS) is 11.0. The molecule has 84 valence electrons. The predicted octanol–water partition coefficient (Wildman–Crippen LogP) is 3.79. The number of alkyl halides is 2. The minimum Gasteiger partial charge on any atom is -0.488 e. The number of halogens is 2.